The second-order valence-electron chi connectivity index (χ2n) is 7.02. The number of aliphatic hydroxyl groups excluding tert-OH is 1. The number of aliphatic hydroxyl groups is 1. The van der Waals surface area contributed by atoms with Gasteiger partial charge in [0.2, 0.25) is 0 Å². The summed E-state index contributed by atoms with van der Waals surface area (Å²) in [7, 11) is 3.02. The van der Waals surface area contributed by atoms with Crippen molar-refractivity contribution in [3.8, 4) is 11.5 Å². The van der Waals surface area contributed by atoms with Crippen molar-refractivity contribution < 1.29 is 28.6 Å². The molecule has 0 spiro atoms. The lowest BCUT2D eigenvalue weighted by molar-refractivity contribution is -0.132. The SMILES string of the molecule is COc1ccc(/C(O)=C2/C(=O)C(=O)N(c3ccccc3OC)C2c2ccc(C)o2)cc1. The van der Waals surface area contributed by atoms with Gasteiger partial charge in [-0.15, -0.1) is 0 Å². The van der Waals surface area contributed by atoms with Crippen molar-refractivity contribution in [3.63, 3.8) is 0 Å². The molecule has 2 aromatic carbocycles. The highest BCUT2D eigenvalue weighted by molar-refractivity contribution is 6.51. The molecule has 2 heterocycles. The second kappa shape index (κ2) is 8.02. The molecule has 4 rings (SSSR count). The number of rotatable bonds is 5. The fourth-order valence-corrected chi connectivity index (χ4v) is 3.68. The Hall–Kier alpha value is -4.00. The van der Waals surface area contributed by atoms with E-state index < -0.39 is 17.7 Å². The number of hydrogen-bond donors (Lipinski definition) is 1. The number of amides is 1. The predicted octanol–water partition coefficient (Wildman–Crippen LogP) is 4.23. The van der Waals surface area contributed by atoms with E-state index in [9.17, 15) is 14.7 Å². The number of para-hydroxylation sites is 2. The summed E-state index contributed by atoms with van der Waals surface area (Å²) in [5, 5.41) is 11.1. The summed E-state index contributed by atoms with van der Waals surface area (Å²) < 4.78 is 16.3. The highest BCUT2D eigenvalue weighted by Gasteiger charge is 2.49. The van der Waals surface area contributed by atoms with Crippen molar-refractivity contribution >= 4 is 23.1 Å². The molecule has 31 heavy (non-hydrogen) atoms. The van der Waals surface area contributed by atoms with Crippen molar-refractivity contribution in [2.45, 2.75) is 13.0 Å². The van der Waals surface area contributed by atoms with E-state index in [1.807, 2.05) is 0 Å². The quantitative estimate of drug-likeness (QED) is 0.378. The molecule has 0 saturated carbocycles. The van der Waals surface area contributed by atoms with Crippen molar-refractivity contribution in [2.24, 2.45) is 0 Å². The van der Waals surface area contributed by atoms with Gasteiger partial charge in [0, 0.05) is 5.56 Å². The summed E-state index contributed by atoms with van der Waals surface area (Å²) in [5.41, 5.74) is 0.725. The molecular formula is C24H21NO6. The number of Topliss-reactive ketones (excluding diaryl/α,β-unsaturated/α-hetero) is 1. The molecule has 1 aliphatic heterocycles. The van der Waals surface area contributed by atoms with E-state index in [-0.39, 0.29) is 11.3 Å². The zero-order valence-electron chi connectivity index (χ0n) is 17.3. The summed E-state index contributed by atoms with van der Waals surface area (Å²) in [4.78, 5) is 27.5. The van der Waals surface area contributed by atoms with Crippen LogP contribution in [0.1, 0.15) is 23.1 Å². The fourth-order valence-electron chi connectivity index (χ4n) is 3.68. The minimum absolute atomic E-state index is 0.0598. The fraction of sp³-hybridized carbons (Fsp3) is 0.167. The van der Waals surface area contributed by atoms with Crippen LogP contribution in [0.4, 0.5) is 5.69 Å². The molecule has 0 bridgehead atoms. The topological polar surface area (TPSA) is 89.2 Å². The first-order chi connectivity index (χ1) is 15.0. The number of methoxy groups -OCH3 is 2. The van der Waals surface area contributed by atoms with E-state index in [1.54, 1.807) is 67.6 Å². The number of carbonyl (C=O) groups is 2. The molecule has 7 nitrogen and oxygen atoms in total. The Labute approximate surface area is 179 Å². The van der Waals surface area contributed by atoms with Gasteiger partial charge < -0.3 is 19.0 Å². The molecule has 7 heteroatoms. The third-order valence-electron chi connectivity index (χ3n) is 5.18. The molecule has 1 aliphatic rings. The summed E-state index contributed by atoms with van der Waals surface area (Å²) in [6, 6.07) is 15.9. The summed E-state index contributed by atoms with van der Waals surface area (Å²) in [6.07, 6.45) is 0. The lowest BCUT2D eigenvalue weighted by Gasteiger charge is -2.25. The molecule has 1 aromatic heterocycles. The Morgan fingerprint density at radius 2 is 1.68 bits per heavy atom. The first-order valence-corrected chi connectivity index (χ1v) is 9.61. The van der Waals surface area contributed by atoms with Gasteiger partial charge in [-0.1, -0.05) is 12.1 Å². The average Bonchev–Trinajstić information content (AvgIpc) is 3.34. The van der Waals surface area contributed by atoms with E-state index >= 15 is 0 Å². The Balaban J connectivity index is 1.93. The number of nitrogens with zero attached hydrogens (tertiary/aromatic N) is 1. The Bertz CT molecular complexity index is 1170. The number of anilines is 1. The van der Waals surface area contributed by atoms with Crippen LogP contribution in [0.15, 0.2) is 70.7 Å². The standard InChI is InChI=1S/C24H21NO6/c1-14-8-13-19(31-14)21-20(22(26)15-9-11-16(29-2)12-10-15)23(27)24(28)25(21)17-6-4-5-7-18(17)30-3/h4-13,21,26H,1-3H3/b22-20-. The van der Waals surface area contributed by atoms with Crippen molar-refractivity contribution in [3.05, 3.63) is 83.3 Å². The zero-order valence-corrected chi connectivity index (χ0v) is 17.3. The predicted molar refractivity (Wildman–Crippen MR) is 114 cm³/mol. The lowest BCUT2D eigenvalue weighted by Crippen LogP contribution is -2.29. The van der Waals surface area contributed by atoms with Gasteiger partial charge in [0.1, 0.15) is 34.8 Å². The molecule has 158 valence electrons. The Kier molecular flexibility index (Phi) is 5.25. The van der Waals surface area contributed by atoms with E-state index in [0.29, 0.717) is 34.3 Å². The number of benzene rings is 2. The second-order valence-corrected chi connectivity index (χ2v) is 7.02. The minimum Gasteiger partial charge on any atom is -0.507 e. The van der Waals surface area contributed by atoms with Gasteiger partial charge in [-0.2, -0.15) is 0 Å². The Morgan fingerprint density at radius 1 is 0.968 bits per heavy atom. The van der Waals surface area contributed by atoms with Crippen LogP contribution in [0.3, 0.4) is 0 Å². The van der Waals surface area contributed by atoms with Crippen LogP contribution in [-0.4, -0.2) is 31.0 Å². The largest absolute Gasteiger partial charge is 0.507 e. The minimum atomic E-state index is -0.952. The molecule has 1 amide bonds. The highest BCUT2D eigenvalue weighted by atomic mass is 16.5. The van der Waals surface area contributed by atoms with Gasteiger partial charge >= 0.3 is 0 Å². The number of furan rings is 1. The monoisotopic (exact) mass is 419 g/mol. The molecule has 1 fully saturated rings. The zero-order chi connectivity index (χ0) is 22.1. The van der Waals surface area contributed by atoms with Crippen LogP contribution in [0, 0.1) is 6.92 Å². The molecule has 1 unspecified atom stereocenters. The number of aryl methyl sites for hydroxylation is 1. The summed E-state index contributed by atoms with van der Waals surface area (Å²) >= 11 is 0. The summed E-state index contributed by atoms with van der Waals surface area (Å²) in [5.74, 6) is 0.114. The highest BCUT2D eigenvalue weighted by Crippen LogP contribution is 2.45. The normalized spacial score (nSPS) is 17.8. The van der Waals surface area contributed by atoms with Crippen molar-refractivity contribution in [1.29, 1.82) is 0 Å². The Morgan fingerprint density at radius 3 is 2.29 bits per heavy atom. The van der Waals surface area contributed by atoms with Crippen LogP contribution in [0.2, 0.25) is 0 Å². The molecule has 1 N–H and O–H groups in total. The third kappa shape index (κ3) is 3.44. The smallest absolute Gasteiger partial charge is 0.300 e. The number of carbonyl (C=O) groups excluding carboxylic acids is 2. The number of hydrogen-bond acceptors (Lipinski definition) is 6. The first-order valence-electron chi connectivity index (χ1n) is 9.61. The van der Waals surface area contributed by atoms with Gasteiger partial charge in [0.15, 0.2) is 0 Å². The molecule has 1 saturated heterocycles. The number of ketones is 1. The van der Waals surface area contributed by atoms with E-state index in [4.69, 9.17) is 13.9 Å². The number of ether oxygens (including phenoxy) is 2. The molecule has 1 atom stereocenters. The van der Waals surface area contributed by atoms with E-state index in [2.05, 4.69) is 0 Å². The van der Waals surface area contributed by atoms with Gasteiger partial charge in [0.25, 0.3) is 11.7 Å². The molecular weight excluding hydrogens is 398 g/mol. The van der Waals surface area contributed by atoms with Gasteiger partial charge in [-0.25, -0.2) is 0 Å². The van der Waals surface area contributed by atoms with E-state index in [1.165, 1.54) is 19.1 Å². The van der Waals surface area contributed by atoms with Crippen LogP contribution in [0.25, 0.3) is 5.76 Å². The third-order valence-corrected chi connectivity index (χ3v) is 5.18. The van der Waals surface area contributed by atoms with Crippen LogP contribution in [0.5, 0.6) is 11.5 Å². The van der Waals surface area contributed by atoms with E-state index in [0.717, 1.165) is 0 Å². The lowest BCUT2D eigenvalue weighted by atomic mass is 9.99. The van der Waals surface area contributed by atoms with Crippen LogP contribution in [-0.2, 0) is 9.59 Å². The van der Waals surface area contributed by atoms with Gasteiger partial charge in [-0.3, -0.25) is 14.5 Å². The maximum absolute atomic E-state index is 13.1. The van der Waals surface area contributed by atoms with Crippen molar-refractivity contribution in [1.82, 2.24) is 0 Å². The molecule has 0 radical (unpaired) electrons. The van der Waals surface area contributed by atoms with Gasteiger partial charge in [-0.05, 0) is 55.5 Å². The molecule has 0 aliphatic carbocycles. The maximum atomic E-state index is 13.1. The molecule has 3 aromatic rings. The first kappa shape index (κ1) is 20.3. The van der Waals surface area contributed by atoms with Crippen LogP contribution >= 0.6 is 0 Å². The van der Waals surface area contributed by atoms with Crippen LogP contribution < -0.4 is 14.4 Å². The van der Waals surface area contributed by atoms with Gasteiger partial charge in [0.05, 0.1) is 25.5 Å². The average molecular weight is 419 g/mol. The summed E-state index contributed by atoms with van der Waals surface area (Å²) in [6.45, 7) is 1.77. The van der Waals surface area contributed by atoms with Crippen molar-refractivity contribution in [2.75, 3.05) is 19.1 Å². The maximum Gasteiger partial charge on any atom is 0.300 e.